The Kier molecular flexibility index (Phi) is 3.25. The molecule has 0 aromatic carbocycles. The van der Waals surface area contributed by atoms with Gasteiger partial charge in [-0.2, -0.15) is 5.10 Å². The molecule has 1 aromatic heterocycles. The first-order valence-corrected chi connectivity index (χ1v) is 5.78. The lowest BCUT2D eigenvalue weighted by Crippen LogP contribution is -2.18. The van der Waals surface area contributed by atoms with Gasteiger partial charge < -0.3 is 10.1 Å². The highest BCUT2D eigenvalue weighted by Gasteiger charge is 2.28. The molecular weight excluding hydrogens is 204 g/mol. The van der Waals surface area contributed by atoms with Gasteiger partial charge in [-0.1, -0.05) is 13.8 Å². The maximum Gasteiger partial charge on any atom is 0.153 e. The molecule has 2 rings (SSSR count). The molecule has 1 aliphatic rings. The fourth-order valence-corrected chi connectivity index (χ4v) is 2.04. The minimum atomic E-state index is 0.273. The largest absolute Gasteiger partial charge is 0.380 e. The lowest BCUT2D eigenvalue weighted by Gasteiger charge is -2.08. The van der Waals surface area contributed by atoms with Crippen LogP contribution in [0.1, 0.15) is 43.9 Å². The van der Waals surface area contributed by atoms with Crippen LogP contribution in [-0.2, 0) is 11.8 Å². The summed E-state index contributed by atoms with van der Waals surface area (Å²) in [6, 6.07) is 0.273. The number of methoxy groups -OCH3 is 1. The highest BCUT2D eigenvalue weighted by molar-refractivity contribution is 5.04. The van der Waals surface area contributed by atoms with Crippen molar-refractivity contribution in [2.45, 2.75) is 38.3 Å². The summed E-state index contributed by atoms with van der Waals surface area (Å²) in [5.74, 6) is 2.31. The number of ether oxygens (including phenoxy) is 1. The predicted octanol–water partition coefficient (Wildman–Crippen LogP) is 0.988. The van der Waals surface area contributed by atoms with Crippen molar-refractivity contribution in [3.8, 4) is 0 Å². The zero-order valence-electron chi connectivity index (χ0n) is 10.4. The molecule has 2 unspecified atom stereocenters. The third kappa shape index (κ3) is 2.10. The van der Waals surface area contributed by atoms with Crippen LogP contribution >= 0.6 is 0 Å². The summed E-state index contributed by atoms with van der Waals surface area (Å²) in [5.41, 5.74) is 0. The maximum absolute atomic E-state index is 5.34. The van der Waals surface area contributed by atoms with E-state index in [1.807, 2.05) is 11.7 Å². The molecule has 0 amide bonds. The Hall–Kier alpha value is -0.940. The molecular formula is C11H20N4O. The lowest BCUT2D eigenvalue weighted by atomic mass is 10.2. The Labute approximate surface area is 96.2 Å². The van der Waals surface area contributed by atoms with Crippen molar-refractivity contribution in [2.24, 2.45) is 7.05 Å². The number of aromatic nitrogens is 3. The van der Waals surface area contributed by atoms with Crippen molar-refractivity contribution in [2.75, 3.05) is 13.7 Å². The van der Waals surface area contributed by atoms with Crippen LogP contribution in [0.2, 0.25) is 0 Å². The van der Waals surface area contributed by atoms with E-state index >= 15 is 0 Å². The first-order valence-electron chi connectivity index (χ1n) is 5.78. The summed E-state index contributed by atoms with van der Waals surface area (Å²) in [7, 11) is 3.71. The Morgan fingerprint density at radius 1 is 1.50 bits per heavy atom. The second-order valence-electron chi connectivity index (χ2n) is 4.66. The third-order valence-electron chi connectivity index (χ3n) is 3.07. The molecule has 2 heterocycles. The first kappa shape index (κ1) is 11.5. The molecule has 1 saturated heterocycles. The molecule has 2 atom stereocenters. The maximum atomic E-state index is 5.34. The highest BCUT2D eigenvalue weighted by atomic mass is 16.5. The molecule has 0 bridgehead atoms. The molecule has 1 N–H and O–H groups in total. The van der Waals surface area contributed by atoms with Crippen molar-refractivity contribution in [3.05, 3.63) is 11.6 Å². The van der Waals surface area contributed by atoms with Crippen LogP contribution < -0.4 is 5.32 Å². The molecule has 1 fully saturated rings. The summed E-state index contributed by atoms with van der Waals surface area (Å²) in [5, 5.41) is 7.85. The van der Waals surface area contributed by atoms with Crippen molar-refractivity contribution < 1.29 is 4.74 Å². The van der Waals surface area contributed by atoms with E-state index in [0.717, 1.165) is 24.6 Å². The smallest absolute Gasteiger partial charge is 0.153 e. The van der Waals surface area contributed by atoms with Gasteiger partial charge in [0.05, 0.1) is 12.1 Å². The number of nitrogens with zero attached hydrogens (tertiary/aromatic N) is 3. The van der Waals surface area contributed by atoms with Crippen LogP contribution in [0.15, 0.2) is 0 Å². The minimum Gasteiger partial charge on any atom is -0.380 e. The van der Waals surface area contributed by atoms with Gasteiger partial charge in [0.25, 0.3) is 0 Å². The van der Waals surface area contributed by atoms with Gasteiger partial charge in [-0.05, 0) is 6.42 Å². The molecule has 0 aliphatic carbocycles. The van der Waals surface area contributed by atoms with Gasteiger partial charge in [-0.25, -0.2) is 4.98 Å². The average Bonchev–Trinajstić information content (AvgIpc) is 2.83. The van der Waals surface area contributed by atoms with Crippen LogP contribution in [0.4, 0.5) is 0 Å². The summed E-state index contributed by atoms with van der Waals surface area (Å²) in [6.45, 7) is 5.11. The Balaban J connectivity index is 2.15. The number of nitrogens with one attached hydrogen (secondary N) is 1. The topological polar surface area (TPSA) is 52.0 Å². The minimum absolute atomic E-state index is 0.273. The van der Waals surface area contributed by atoms with Crippen LogP contribution in [-0.4, -0.2) is 34.5 Å². The number of hydrogen-bond donors (Lipinski definition) is 1. The van der Waals surface area contributed by atoms with Crippen LogP contribution in [0.5, 0.6) is 0 Å². The van der Waals surface area contributed by atoms with Crippen LogP contribution in [0, 0.1) is 0 Å². The second kappa shape index (κ2) is 4.51. The van der Waals surface area contributed by atoms with Gasteiger partial charge in [0.2, 0.25) is 0 Å². The van der Waals surface area contributed by atoms with E-state index in [9.17, 15) is 0 Å². The number of aryl methyl sites for hydroxylation is 1. The zero-order chi connectivity index (χ0) is 11.7. The SMILES string of the molecule is COC1CNC(c2nc(C(C)C)nn2C)C1. The number of rotatable bonds is 3. The van der Waals surface area contributed by atoms with Crippen molar-refractivity contribution >= 4 is 0 Å². The molecule has 1 aliphatic heterocycles. The monoisotopic (exact) mass is 224 g/mol. The molecule has 0 spiro atoms. The first-order chi connectivity index (χ1) is 7.61. The zero-order valence-corrected chi connectivity index (χ0v) is 10.4. The molecule has 5 nitrogen and oxygen atoms in total. The Bertz CT molecular complexity index is 361. The van der Waals surface area contributed by atoms with E-state index in [2.05, 4.69) is 29.2 Å². The van der Waals surface area contributed by atoms with Gasteiger partial charge in [0, 0.05) is 26.6 Å². The normalized spacial score (nSPS) is 25.6. The number of hydrogen-bond acceptors (Lipinski definition) is 4. The summed E-state index contributed by atoms with van der Waals surface area (Å²) in [6.07, 6.45) is 1.27. The van der Waals surface area contributed by atoms with Crippen LogP contribution in [0.3, 0.4) is 0 Å². The van der Waals surface area contributed by atoms with E-state index < -0.39 is 0 Å². The van der Waals surface area contributed by atoms with Crippen molar-refractivity contribution in [1.82, 2.24) is 20.1 Å². The van der Waals surface area contributed by atoms with E-state index in [-0.39, 0.29) is 6.04 Å². The van der Waals surface area contributed by atoms with Gasteiger partial charge in [-0.3, -0.25) is 4.68 Å². The van der Waals surface area contributed by atoms with E-state index in [0.29, 0.717) is 12.0 Å². The van der Waals surface area contributed by atoms with E-state index in [1.54, 1.807) is 7.11 Å². The Morgan fingerprint density at radius 2 is 2.25 bits per heavy atom. The van der Waals surface area contributed by atoms with Gasteiger partial charge >= 0.3 is 0 Å². The highest BCUT2D eigenvalue weighted by Crippen LogP contribution is 2.24. The molecule has 1 aromatic rings. The quantitative estimate of drug-likeness (QED) is 0.832. The second-order valence-corrected chi connectivity index (χ2v) is 4.66. The van der Waals surface area contributed by atoms with Gasteiger partial charge in [0.1, 0.15) is 5.82 Å². The van der Waals surface area contributed by atoms with E-state index in [1.165, 1.54) is 0 Å². The van der Waals surface area contributed by atoms with Crippen molar-refractivity contribution in [3.63, 3.8) is 0 Å². The molecule has 0 saturated carbocycles. The summed E-state index contributed by atoms with van der Waals surface area (Å²) < 4.78 is 7.22. The Morgan fingerprint density at radius 3 is 2.75 bits per heavy atom. The summed E-state index contributed by atoms with van der Waals surface area (Å²) >= 11 is 0. The lowest BCUT2D eigenvalue weighted by molar-refractivity contribution is 0.117. The summed E-state index contributed by atoms with van der Waals surface area (Å²) in [4.78, 5) is 4.59. The molecule has 16 heavy (non-hydrogen) atoms. The third-order valence-corrected chi connectivity index (χ3v) is 3.07. The molecule has 90 valence electrons. The fourth-order valence-electron chi connectivity index (χ4n) is 2.04. The molecule has 5 heteroatoms. The van der Waals surface area contributed by atoms with Crippen molar-refractivity contribution in [1.29, 1.82) is 0 Å². The molecule has 0 radical (unpaired) electrons. The fraction of sp³-hybridized carbons (Fsp3) is 0.818. The average molecular weight is 224 g/mol. The van der Waals surface area contributed by atoms with E-state index in [4.69, 9.17) is 4.74 Å². The predicted molar refractivity (Wildman–Crippen MR) is 61.2 cm³/mol. The standard InChI is InChI=1S/C11H20N4O/c1-7(2)10-13-11(15(3)14-10)9-5-8(16-4)6-12-9/h7-9,12H,5-6H2,1-4H3. The van der Waals surface area contributed by atoms with Gasteiger partial charge in [-0.15, -0.1) is 0 Å². The van der Waals surface area contributed by atoms with Gasteiger partial charge in [0.15, 0.2) is 5.82 Å². The van der Waals surface area contributed by atoms with Crippen LogP contribution in [0.25, 0.3) is 0 Å².